The van der Waals surface area contributed by atoms with Gasteiger partial charge in [-0.25, -0.2) is 9.98 Å². The molecule has 1 aromatic heterocycles. The monoisotopic (exact) mass is 417 g/mol. The molecule has 27 heavy (non-hydrogen) atoms. The number of nitrogens with zero attached hydrogens (tertiary/aromatic N) is 3. The second-order valence-electron chi connectivity index (χ2n) is 6.21. The fraction of sp³-hybridized carbons (Fsp3) is 0.333. The van der Waals surface area contributed by atoms with E-state index in [-0.39, 0.29) is 4.90 Å². The first-order chi connectivity index (χ1) is 12.5. The van der Waals surface area contributed by atoms with Gasteiger partial charge in [0.15, 0.2) is 4.90 Å². The van der Waals surface area contributed by atoms with Crippen LogP contribution >= 0.6 is 11.6 Å². The van der Waals surface area contributed by atoms with Crippen LogP contribution in [0, 0.1) is 13.8 Å². The van der Waals surface area contributed by atoms with E-state index in [2.05, 4.69) is 9.98 Å². The molecule has 1 unspecified atom stereocenters. The van der Waals surface area contributed by atoms with Crippen molar-refractivity contribution in [2.24, 2.45) is 4.99 Å². The van der Waals surface area contributed by atoms with E-state index in [0.29, 0.717) is 27.8 Å². The lowest BCUT2D eigenvalue weighted by Crippen LogP contribution is -2.24. The molecule has 0 aliphatic heterocycles. The molecule has 4 nitrogen and oxygen atoms in total. The summed E-state index contributed by atoms with van der Waals surface area (Å²) in [4.78, 5) is 10.5. The van der Waals surface area contributed by atoms with Gasteiger partial charge in [0.05, 0.1) is 5.69 Å². The topological polar surface area (TPSA) is 51.6 Å². The lowest BCUT2D eigenvalue weighted by Gasteiger charge is -2.18. The van der Waals surface area contributed by atoms with Crippen LogP contribution in [-0.2, 0) is 11.2 Å². The molecular formula is C18H19ClF3N3OS. The first-order valence-electron chi connectivity index (χ1n) is 7.92. The summed E-state index contributed by atoms with van der Waals surface area (Å²) in [5, 5.41) is 0.341. The van der Waals surface area contributed by atoms with Crippen molar-refractivity contribution in [3.8, 4) is 0 Å². The molecule has 0 saturated heterocycles. The molecule has 1 heterocycles. The van der Waals surface area contributed by atoms with E-state index in [4.69, 9.17) is 11.6 Å². The van der Waals surface area contributed by atoms with Crippen LogP contribution in [0.1, 0.15) is 16.7 Å². The molecule has 0 amide bonds. The highest BCUT2D eigenvalue weighted by Gasteiger charge is 2.36. The largest absolute Gasteiger partial charge is 0.611 e. The maximum atomic E-state index is 12.6. The molecule has 0 N–H and O–H groups in total. The first kappa shape index (κ1) is 21.5. The van der Waals surface area contributed by atoms with Crippen molar-refractivity contribution in [2.75, 3.05) is 19.8 Å². The summed E-state index contributed by atoms with van der Waals surface area (Å²) in [5.74, 6) is -0.833. The van der Waals surface area contributed by atoms with Crippen molar-refractivity contribution in [2.45, 2.75) is 24.9 Å². The number of halogens is 4. The maximum absolute atomic E-state index is 12.6. The number of rotatable bonds is 4. The Morgan fingerprint density at radius 3 is 2.41 bits per heavy atom. The lowest BCUT2D eigenvalue weighted by molar-refractivity contribution is -0.106. The summed E-state index contributed by atoms with van der Waals surface area (Å²) in [6, 6.07) is 6.53. The Morgan fingerprint density at radius 2 is 1.89 bits per heavy atom. The van der Waals surface area contributed by atoms with Gasteiger partial charge in [-0.1, -0.05) is 11.6 Å². The molecule has 0 fully saturated rings. The average molecular weight is 418 g/mol. The van der Waals surface area contributed by atoms with Crippen molar-refractivity contribution < 1.29 is 17.7 Å². The van der Waals surface area contributed by atoms with Gasteiger partial charge in [0, 0.05) is 37.5 Å². The Labute approximate surface area is 164 Å². The van der Waals surface area contributed by atoms with Gasteiger partial charge in [-0.3, -0.25) is 0 Å². The zero-order valence-corrected chi connectivity index (χ0v) is 16.8. The molecular weight excluding hydrogens is 399 g/mol. The molecule has 0 aliphatic rings. The molecule has 2 rings (SSSR count). The summed E-state index contributed by atoms with van der Waals surface area (Å²) in [7, 11) is 3.58. The highest BCUT2D eigenvalue weighted by atomic mass is 35.5. The van der Waals surface area contributed by atoms with Gasteiger partial charge in [-0.15, -0.1) is 0 Å². The predicted octanol–water partition coefficient (Wildman–Crippen LogP) is 4.66. The number of hydrogen-bond donors (Lipinski definition) is 0. The van der Waals surface area contributed by atoms with E-state index in [1.807, 2.05) is 0 Å². The first-order valence-corrected chi connectivity index (χ1v) is 9.62. The van der Waals surface area contributed by atoms with E-state index in [1.165, 1.54) is 6.07 Å². The lowest BCUT2D eigenvalue weighted by atomic mass is 10.1. The van der Waals surface area contributed by atoms with Crippen molar-refractivity contribution in [3.05, 3.63) is 52.3 Å². The Morgan fingerprint density at radius 1 is 1.22 bits per heavy atom. The Hall–Kier alpha value is -1.77. The second kappa shape index (κ2) is 8.50. The van der Waals surface area contributed by atoms with Crippen LogP contribution in [0.4, 0.5) is 18.9 Å². The Kier molecular flexibility index (Phi) is 6.77. The third-order valence-corrected chi connectivity index (χ3v) is 5.41. The summed E-state index contributed by atoms with van der Waals surface area (Å²) >= 11 is 3.62. The number of alkyl halides is 3. The molecule has 0 aliphatic carbocycles. The third kappa shape index (κ3) is 5.85. The van der Waals surface area contributed by atoms with Crippen LogP contribution in [0.25, 0.3) is 0 Å². The Bertz CT molecular complexity index is 839. The zero-order chi connectivity index (χ0) is 20.4. The highest BCUT2D eigenvalue weighted by molar-refractivity contribution is 7.91. The Balaban J connectivity index is 2.51. The number of aromatic nitrogens is 1. The fourth-order valence-electron chi connectivity index (χ4n) is 2.46. The number of aryl methyl sites for hydroxylation is 2. The van der Waals surface area contributed by atoms with Gasteiger partial charge in [0.25, 0.3) is 0 Å². The van der Waals surface area contributed by atoms with E-state index >= 15 is 0 Å². The molecule has 9 heteroatoms. The minimum Gasteiger partial charge on any atom is -0.611 e. The van der Waals surface area contributed by atoms with E-state index in [1.54, 1.807) is 57.2 Å². The van der Waals surface area contributed by atoms with Gasteiger partial charge in [-0.2, -0.15) is 13.2 Å². The summed E-state index contributed by atoms with van der Waals surface area (Å²) in [5.41, 5.74) is 2.45. The van der Waals surface area contributed by atoms with Crippen molar-refractivity contribution in [1.29, 1.82) is 0 Å². The molecule has 1 aromatic carbocycles. The number of hydrogen-bond acceptors (Lipinski definition) is 3. The second-order valence-corrected chi connectivity index (χ2v) is 8.02. The van der Waals surface area contributed by atoms with Gasteiger partial charge >= 0.3 is 6.18 Å². The standard InChI is InChI=1S/C18H19ClF3N3OS/c1-11-7-12(2)15(27(26)10-18(20,21)22)8-14(11)24-17(25(3)4)13-5-6-16(19)23-9-13/h5-9H,10H2,1-4H3/b24-17-. The minimum atomic E-state index is -4.50. The van der Waals surface area contributed by atoms with Crippen molar-refractivity contribution >= 4 is 34.3 Å². The van der Waals surface area contributed by atoms with E-state index in [9.17, 15) is 17.7 Å². The van der Waals surface area contributed by atoms with Crippen LogP contribution in [0.15, 0.2) is 40.4 Å². The van der Waals surface area contributed by atoms with Gasteiger partial charge < -0.3 is 9.45 Å². The molecule has 146 valence electrons. The van der Waals surface area contributed by atoms with Gasteiger partial charge in [-0.05, 0) is 48.8 Å². The minimum absolute atomic E-state index is 0.129. The normalized spacial score (nSPS) is 13.6. The SMILES string of the molecule is Cc1cc(C)c([S+]([O-])CC(F)(F)F)cc1/N=C(/c1ccc(Cl)nc1)N(C)C. The number of pyridine rings is 1. The van der Waals surface area contributed by atoms with Crippen LogP contribution < -0.4 is 0 Å². The predicted molar refractivity (Wildman–Crippen MR) is 102 cm³/mol. The summed E-state index contributed by atoms with van der Waals surface area (Å²) in [6.07, 6.45) is -2.94. The number of amidine groups is 1. The van der Waals surface area contributed by atoms with Crippen LogP contribution in [0.3, 0.4) is 0 Å². The quantitative estimate of drug-likeness (QED) is 0.314. The van der Waals surface area contributed by atoms with Crippen LogP contribution in [-0.4, -0.2) is 46.3 Å². The van der Waals surface area contributed by atoms with Crippen molar-refractivity contribution in [3.63, 3.8) is 0 Å². The smallest absolute Gasteiger partial charge is 0.433 e. The summed E-state index contributed by atoms with van der Waals surface area (Å²) < 4.78 is 50.1. The molecule has 1 atom stereocenters. The fourth-order valence-corrected chi connectivity index (χ4v) is 3.68. The average Bonchev–Trinajstić information content (AvgIpc) is 2.53. The maximum Gasteiger partial charge on any atom is 0.433 e. The van der Waals surface area contributed by atoms with E-state index in [0.717, 1.165) is 5.56 Å². The third-order valence-electron chi connectivity index (χ3n) is 3.67. The van der Waals surface area contributed by atoms with Gasteiger partial charge in [0.1, 0.15) is 11.0 Å². The molecule has 2 aromatic rings. The van der Waals surface area contributed by atoms with Crippen molar-refractivity contribution in [1.82, 2.24) is 9.88 Å². The van der Waals surface area contributed by atoms with E-state index < -0.39 is 23.1 Å². The summed E-state index contributed by atoms with van der Waals surface area (Å²) in [6.45, 7) is 3.44. The van der Waals surface area contributed by atoms with Gasteiger partial charge in [0.2, 0.25) is 5.75 Å². The number of aliphatic imine (C=N–C) groups is 1. The number of benzene rings is 1. The molecule has 0 spiro atoms. The highest BCUT2D eigenvalue weighted by Crippen LogP contribution is 2.30. The van der Waals surface area contributed by atoms with Crippen LogP contribution in [0.5, 0.6) is 0 Å². The molecule has 0 radical (unpaired) electrons. The molecule has 0 bridgehead atoms. The van der Waals surface area contributed by atoms with Crippen LogP contribution in [0.2, 0.25) is 5.15 Å². The molecule has 0 saturated carbocycles. The zero-order valence-electron chi connectivity index (χ0n) is 15.3.